The van der Waals surface area contributed by atoms with Crippen LogP contribution < -0.4 is 9.47 Å². The van der Waals surface area contributed by atoms with Gasteiger partial charge in [-0.15, -0.1) is 11.3 Å². The fourth-order valence-electron chi connectivity index (χ4n) is 17.0. The number of hydrogen-bond donors (Lipinski definition) is 0. The van der Waals surface area contributed by atoms with Crippen LogP contribution in [0.2, 0.25) is 0 Å². The van der Waals surface area contributed by atoms with E-state index in [9.17, 15) is 0 Å². The molecule has 1 aromatic heterocycles. The Balaban J connectivity index is 0.0000000965. The molecule has 7 aliphatic carbocycles. The normalized spacial score (nSPS) is 15.1. The summed E-state index contributed by atoms with van der Waals surface area (Å²) in [5, 5.41) is 4.11. The Labute approximate surface area is 590 Å². The number of aryl methyl sites for hydroxylation is 3. The second-order valence-electron chi connectivity index (χ2n) is 28.6. The van der Waals surface area contributed by atoms with Gasteiger partial charge in [0.1, 0.15) is 13.2 Å². The number of benzene rings is 11. The van der Waals surface area contributed by atoms with Crippen molar-refractivity contribution in [3.8, 4) is 67.1 Å². The van der Waals surface area contributed by atoms with Crippen LogP contribution in [0.3, 0.4) is 0 Å². The molecule has 0 N–H and O–H groups in total. The Morgan fingerprint density at radius 3 is 1.36 bits per heavy atom. The van der Waals surface area contributed by atoms with E-state index in [1.165, 1.54) is 193 Å². The summed E-state index contributed by atoms with van der Waals surface area (Å²) in [6, 6.07) is 76.8. The zero-order valence-electron chi connectivity index (χ0n) is 58.2. The number of allylic oxidation sites excluding steroid dienone is 5. The van der Waals surface area contributed by atoms with Crippen molar-refractivity contribution in [2.75, 3.05) is 13.2 Å². The van der Waals surface area contributed by atoms with Crippen molar-refractivity contribution in [2.24, 2.45) is 0 Å². The van der Waals surface area contributed by atoms with Crippen molar-refractivity contribution in [3.63, 3.8) is 0 Å². The molecule has 0 bridgehead atoms. The molecule has 0 fully saturated rings. The van der Waals surface area contributed by atoms with Gasteiger partial charge in [0, 0.05) is 20.5 Å². The molecule has 12 aromatic rings. The molecule has 2 nitrogen and oxygen atoms in total. The lowest BCUT2D eigenvalue weighted by Gasteiger charge is -2.23. The maximum Gasteiger partial charge on any atom is 0.169 e. The second kappa shape index (κ2) is 27.7. The van der Waals surface area contributed by atoms with Gasteiger partial charge >= 0.3 is 0 Å². The first-order valence-corrected chi connectivity index (χ1v) is 36.9. The van der Waals surface area contributed by atoms with E-state index in [-0.39, 0.29) is 0 Å². The van der Waals surface area contributed by atoms with Crippen LogP contribution in [-0.4, -0.2) is 13.2 Å². The second-order valence-corrected chi connectivity index (χ2v) is 29.9. The summed E-state index contributed by atoms with van der Waals surface area (Å²) in [5.41, 5.74) is 41.9. The van der Waals surface area contributed by atoms with Crippen molar-refractivity contribution in [1.29, 1.82) is 0 Å². The fourth-order valence-corrected chi connectivity index (χ4v) is 18.0. The summed E-state index contributed by atoms with van der Waals surface area (Å²) in [7, 11) is 0. The smallest absolute Gasteiger partial charge is 0.169 e. The summed E-state index contributed by atoms with van der Waals surface area (Å²) in [5.74, 6) is 1.78. The largest absolute Gasteiger partial charge is 0.486 e. The number of hydrogen-bond acceptors (Lipinski definition) is 3. The number of ether oxygens (including phenoxy) is 2. The first-order valence-electron chi connectivity index (χ1n) is 36.1. The van der Waals surface area contributed by atoms with Crippen molar-refractivity contribution in [2.45, 2.75) is 119 Å². The molecule has 0 atom stereocenters. The lowest BCUT2D eigenvalue weighted by atomic mass is 9.82. The third kappa shape index (κ3) is 12.8. The molecule has 8 aliphatic rings. The van der Waals surface area contributed by atoms with E-state index in [2.05, 4.69) is 278 Å². The molecule has 11 aromatic carbocycles. The summed E-state index contributed by atoms with van der Waals surface area (Å²) < 4.78 is 13.1. The van der Waals surface area contributed by atoms with Gasteiger partial charge in [-0.25, -0.2) is 0 Å². The summed E-state index contributed by atoms with van der Waals surface area (Å²) in [4.78, 5) is 1.39. The Kier molecular flexibility index (Phi) is 17.8. The van der Waals surface area contributed by atoms with Crippen LogP contribution >= 0.6 is 11.3 Å². The van der Waals surface area contributed by atoms with Crippen LogP contribution in [0.15, 0.2) is 240 Å². The van der Waals surface area contributed by atoms with Crippen LogP contribution in [0.5, 0.6) is 11.5 Å². The third-order valence-corrected chi connectivity index (χ3v) is 22.1. The van der Waals surface area contributed by atoms with E-state index in [0.717, 1.165) is 43.6 Å². The lowest BCUT2D eigenvalue weighted by Crippen LogP contribution is -2.16. The summed E-state index contributed by atoms with van der Waals surface area (Å²) in [6.45, 7) is 14.6. The molecule has 2 heterocycles. The molecule has 0 spiro atoms. The van der Waals surface area contributed by atoms with E-state index in [1.807, 2.05) is 17.4 Å². The van der Waals surface area contributed by atoms with E-state index >= 15 is 0 Å². The van der Waals surface area contributed by atoms with Gasteiger partial charge in [0.2, 0.25) is 0 Å². The lowest BCUT2D eigenvalue weighted by molar-refractivity contribution is 0.172. The molecule has 3 heteroatoms. The van der Waals surface area contributed by atoms with Gasteiger partial charge in [0.25, 0.3) is 0 Å². The minimum Gasteiger partial charge on any atom is -0.486 e. The van der Waals surface area contributed by atoms with Gasteiger partial charge in [0.15, 0.2) is 11.5 Å². The molecule has 1 aliphatic heterocycles. The highest BCUT2D eigenvalue weighted by molar-refractivity contribution is 7.19. The Hall–Kier alpha value is -10.1. The SMILES string of the molecule is CC1=Cc2c(cc3c(c2-c2ccccc2)CCCC3)C1.CC1=Cc2c(cc3c(c2-c2ccccc2)OCCO3)C1.CC1=Cc2c(cc3ccccc3c2-c2ccccc2)C1.CC1=Cc2cc3c(c(-c4ccccc4)c2C1)CCC3.CC1=Cc2cc3sc(C)cc3c(-c3ccccc3)c2C1. The highest BCUT2D eigenvalue weighted by Crippen LogP contribution is 2.49. The van der Waals surface area contributed by atoms with E-state index < -0.39 is 0 Å². The minimum absolute atomic E-state index is 0.619. The topological polar surface area (TPSA) is 18.5 Å². The van der Waals surface area contributed by atoms with Crippen LogP contribution in [0, 0.1) is 6.92 Å². The van der Waals surface area contributed by atoms with E-state index in [1.54, 1.807) is 38.9 Å². The van der Waals surface area contributed by atoms with E-state index in [4.69, 9.17) is 9.47 Å². The maximum atomic E-state index is 5.92. The highest BCUT2D eigenvalue weighted by atomic mass is 32.1. The Bertz CT molecular complexity index is 5140. The van der Waals surface area contributed by atoms with Crippen molar-refractivity contribution in [3.05, 3.63) is 323 Å². The van der Waals surface area contributed by atoms with Gasteiger partial charge in [-0.05, 0) is 276 Å². The molecule has 20 rings (SSSR count). The van der Waals surface area contributed by atoms with E-state index in [0.29, 0.717) is 13.2 Å². The van der Waals surface area contributed by atoms with Crippen LogP contribution in [0.1, 0.15) is 137 Å². The maximum absolute atomic E-state index is 5.92. The van der Waals surface area contributed by atoms with Crippen molar-refractivity contribution >= 4 is 62.6 Å². The Morgan fingerprint density at radius 2 is 0.737 bits per heavy atom. The van der Waals surface area contributed by atoms with Crippen LogP contribution in [0.4, 0.5) is 0 Å². The third-order valence-electron chi connectivity index (χ3n) is 21.1. The van der Waals surface area contributed by atoms with Crippen molar-refractivity contribution in [1.82, 2.24) is 0 Å². The first-order chi connectivity index (χ1) is 48.5. The van der Waals surface area contributed by atoms with Crippen molar-refractivity contribution < 1.29 is 9.47 Å². The number of thiophene rings is 1. The quantitative estimate of drug-likeness (QED) is 0.171. The standard InChI is InChI=1S/C20H20.C20H16.C19H16S.C19H18.C18H16O2/c2*1-14-11-17-13-16-9-5-6-10-18(16)20(19(17)12-14)15-7-3-2-4-8-15;1-12-8-15-11-18-17(10-13(2)20-18)19(16(15)9-12)14-6-4-3-5-7-14;1-13-10-16-12-15-8-5-9-17(15)19(18(16)11-13)14-6-3-2-4-7-14;1-12-9-14-11-16-18(20-8-7-19-16)17(15(14)10-12)13-5-3-2-4-6-13/h2-4,7-8,12-13H,5-6,9-11H2,1H3;2-10,12-13H,11H2,1H3;3-8,10-11H,9H2,1-2H3;2-4,6-7,10,12H,5,8-9,11H2,1H3;2-6,10-11H,7-9H2,1H3. The van der Waals surface area contributed by atoms with Crippen LogP contribution in [0.25, 0.3) is 107 Å². The van der Waals surface area contributed by atoms with Gasteiger partial charge in [-0.1, -0.05) is 252 Å². The molecule has 0 unspecified atom stereocenters. The minimum atomic E-state index is 0.619. The molecule has 0 saturated carbocycles. The zero-order chi connectivity index (χ0) is 67.1. The van der Waals surface area contributed by atoms with Gasteiger partial charge in [-0.3, -0.25) is 0 Å². The molecular weight excluding hydrogens is 1220 g/mol. The molecule has 0 radical (unpaired) electrons. The van der Waals surface area contributed by atoms with Crippen LogP contribution in [-0.2, 0) is 57.8 Å². The molecule has 0 amide bonds. The summed E-state index contributed by atoms with van der Waals surface area (Å²) >= 11 is 1.90. The average molecular weight is 1300 g/mol. The molecule has 99 heavy (non-hydrogen) atoms. The molecule has 488 valence electrons. The Morgan fingerprint density at radius 1 is 0.303 bits per heavy atom. The number of fused-ring (bicyclic) bond motifs is 10. The summed E-state index contributed by atoms with van der Waals surface area (Å²) in [6.07, 6.45) is 26.2. The predicted octanol–water partition coefficient (Wildman–Crippen LogP) is 25.4. The van der Waals surface area contributed by atoms with Gasteiger partial charge in [-0.2, -0.15) is 0 Å². The average Bonchev–Trinajstić information content (AvgIpc) is 1.69. The van der Waals surface area contributed by atoms with Gasteiger partial charge < -0.3 is 9.47 Å². The monoisotopic (exact) mass is 1300 g/mol. The first kappa shape index (κ1) is 63.7. The van der Waals surface area contributed by atoms with Gasteiger partial charge in [0.05, 0.1) is 0 Å². The highest BCUT2D eigenvalue weighted by Gasteiger charge is 2.29. The predicted molar refractivity (Wildman–Crippen MR) is 423 cm³/mol. The molecule has 0 saturated heterocycles. The fraction of sp³-hybridized carbons (Fsp3) is 0.208. The number of rotatable bonds is 5. The zero-order valence-corrected chi connectivity index (χ0v) is 59.0. The molecular formula is C96H86O2S.